The molecule has 0 aromatic heterocycles. The second-order valence-electron chi connectivity index (χ2n) is 9.76. The molecule has 0 aromatic rings. The Kier molecular flexibility index (Phi) is 28.2. The van der Waals surface area contributed by atoms with E-state index in [1.165, 1.54) is 19.3 Å². The fourth-order valence-corrected chi connectivity index (χ4v) is 3.71. The molecule has 0 aliphatic carbocycles. The van der Waals surface area contributed by atoms with Gasteiger partial charge in [0.1, 0.15) is 0 Å². The van der Waals surface area contributed by atoms with Gasteiger partial charge in [0, 0.05) is 6.42 Å². The van der Waals surface area contributed by atoms with Crippen LogP contribution in [0.5, 0.6) is 0 Å². The molecule has 2 atom stereocenters. The van der Waals surface area contributed by atoms with Gasteiger partial charge in [-0.15, -0.1) is 0 Å². The third-order valence-electron chi connectivity index (χ3n) is 6.09. The van der Waals surface area contributed by atoms with Gasteiger partial charge in [0.25, 0.3) is 0 Å². The van der Waals surface area contributed by atoms with E-state index in [1.54, 1.807) is 6.08 Å². The van der Waals surface area contributed by atoms with Gasteiger partial charge in [-0.2, -0.15) is 0 Å². The highest BCUT2D eigenvalue weighted by atomic mass is 16.3. The van der Waals surface area contributed by atoms with E-state index < -0.39 is 12.1 Å². The Hall–Kier alpha value is -2.43. The van der Waals surface area contributed by atoms with Crippen LogP contribution in [0.15, 0.2) is 85.1 Å². The molecule has 0 aliphatic heterocycles. The van der Waals surface area contributed by atoms with Crippen LogP contribution in [-0.4, -0.2) is 34.9 Å². The number of nitrogens with one attached hydrogen (secondary N) is 1. The SMILES string of the molecule is CC/C=C\C/C=C\C/C=C\C/C=C\CCCCC(=O)NC(CO)C(O)/C=C/CC/C=C/CC/C=C/CCCC. The van der Waals surface area contributed by atoms with Gasteiger partial charge in [-0.3, -0.25) is 4.79 Å². The van der Waals surface area contributed by atoms with Crippen molar-refractivity contribution >= 4 is 5.91 Å². The van der Waals surface area contributed by atoms with Crippen LogP contribution in [0.2, 0.25) is 0 Å². The Morgan fingerprint density at radius 3 is 1.69 bits per heavy atom. The highest BCUT2D eigenvalue weighted by Crippen LogP contribution is 2.05. The molecule has 4 heteroatoms. The van der Waals surface area contributed by atoms with E-state index in [0.717, 1.165) is 70.6 Å². The number of aliphatic hydroxyl groups is 2. The van der Waals surface area contributed by atoms with Crippen molar-refractivity contribution < 1.29 is 15.0 Å². The molecule has 2 unspecified atom stereocenters. The summed E-state index contributed by atoms with van der Waals surface area (Å²) in [5.41, 5.74) is 0. The first-order chi connectivity index (χ1) is 19.2. The van der Waals surface area contributed by atoms with Crippen LogP contribution in [0, 0.1) is 0 Å². The standard InChI is InChI=1S/C35H57NO3/c1-3-5-7-9-11-13-15-17-18-19-21-23-25-27-29-31-35(39)36-33(32-37)34(38)30-28-26-24-22-20-16-14-12-10-8-6-4-2/h5,7,10-13,17-18,20-23,28,30,33-34,37-38H,3-4,6,8-9,14-16,19,24-27,29,31-32H2,1-2H3,(H,36,39)/b7-5-,12-10+,13-11-,18-17-,22-20+,23-21-,30-28+. The van der Waals surface area contributed by atoms with Gasteiger partial charge < -0.3 is 15.5 Å². The fourth-order valence-electron chi connectivity index (χ4n) is 3.71. The van der Waals surface area contributed by atoms with Crippen molar-refractivity contribution in [3.63, 3.8) is 0 Å². The first kappa shape index (κ1) is 36.6. The van der Waals surface area contributed by atoms with Crippen molar-refractivity contribution in [1.29, 1.82) is 0 Å². The monoisotopic (exact) mass is 539 g/mol. The molecule has 0 saturated carbocycles. The fraction of sp³-hybridized carbons (Fsp3) is 0.571. The Labute approximate surface area is 240 Å². The second kappa shape index (κ2) is 30.1. The zero-order valence-electron chi connectivity index (χ0n) is 24.9. The lowest BCUT2D eigenvalue weighted by atomic mass is 10.1. The van der Waals surface area contributed by atoms with Gasteiger partial charge in [0.2, 0.25) is 5.91 Å². The largest absolute Gasteiger partial charge is 0.394 e. The normalized spacial score (nSPS) is 14.5. The predicted molar refractivity (Wildman–Crippen MR) is 170 cm³/mol. The second-order valence-corrected chi connectivity index (χ2v) is 9.76. The maximum absolute atomic E-state index is 12.2. The first-order valence-corrected chi connectivity index (χ1v) is 15.3. The summed E-state index contributed by atoms with van der Waals surface area (Å²) in [6.45, 7) is 4.07. The molecule has 0 bridgehead atoms. The topological polar surface area (TPSA) is 69.6 Å². The molecular formula is C35H57NO3. The molecule has 0 saturated heterocycles. The van der Waals surface area contributed by atoms with Crippen LogP contribution in [0.1, 0.15) is 110 Å². The van der Waals surface area contributed by atoms with Crippen molar-refractivity contribution in [1.82, 2.24) is 5.32 Å². The molecule has 220 valence electrons. The highest BCUT2D eigenvalue weighted by Gasteiger charge is 2.17. The average molecular weight is 540 g/mol. The lowest BCUT2D eigenvalue weighted by Crippen LogP contribution is -2.45. The third kappa shape index (κ3) is 26.9. The smallest absolute Gasteiger partial charge is 0.220 e. The number of hydrogen-bond acceptors (Lipinski definition) is 3. The molecule has 0 aliphatic rings. The molecular weight excluding hydrogens is 482 g/mol. The summed E-state index contributed by atoms with van der Waals surface area (Å²) < 4.78 is 0. The van der Waals surface area contributed by atoms with Crippen molar-refractivity contribution in [2.24, 2.45) is 0 Å². The van der Waals surface area contributed by atoms with Crippen molar-refractivity contribution in [3.05, 3.63) is 85.1 Å². The lowest BCUT2D eigenvalue weighted by Gasteiger charge is -2.19. The molecule has 1 amide bonds. The predicted octanol–water partition coefficient (Wildman–Crippen LogP) is 8.61. The van der Waals surface area contributed by atoms with E-state index in [-0.39, 0.29) is 12.5 Å². The molecule has 0 heterocycles. The van der Waals surface area contributed by atoms with E-state index in [0.29, 0.717) is 6.42 Å². The maximum atomic E-state index is 12.2. The van der Waals surface area contributed by atoms with Crippen LogP contribution < -0.4 is 5.32 Å². The Balaban J connectivity index is 3.90. The van der Waals surface area contributed by atoms with Crippen LogP contribution in [0.3, 0.4) is 0 Å². The maximum Gasteiger partial charge on any atom is 0.220 e. The molecule has 39 heavy (non-hydrogen) atoms. The molecule has 0 rings (SSSR count). The van der Waals surface area contributed by atoms with Gasteiger partial charge in [-0.25, -0.2) is 0 Å². The number of allylic oxidation sites excluding steroid dienone is 13. The van der Waals surface area contributed by atoms with E-state index in [1.807, 2.05) is 6.08 Å². The summed E-state index contributed by atoms with van der Waals surface area (Å²) in [5, 5.41) is 22.7. The summed E-state index contributed by atoms with van der Waals surface area (Å²) in [6, 6.07) is -0.668. The average Bonchev–Trinajstić information content (AvgIpc) is 2.94. The van der Waals surface area contributed by atoms with Gasteiger partial charge in [0.15, 0.2) is 0 Å². The van der Waals surface area contributed by atoms with E-state index in [4.69, 9.17) is 0 Å². The van der Waals surface area contributed by atoms with Crippen LogP contribution in [0.25, 0.3) is 0 Å². The molecule has 0 spiro atoms. The number of amides is 1. The van der Waals surface area contributed by atoms with Crippen molar-refractivity contribution in [3.8, 4) is 0 Å². The van der Waals surface area contributed by atoms with Crippen LogP contribution in [0.4, 0.5) is 0 Å². The summed E-state index contributed by atoms with van der Waals surface area (Å²) in [6.07, 6.45) is 43.7. The van der Waals surface area contributed by atoms with Gasteiger partial charge in [-0.1, -0.05) is 112 Å². The Morgan fingerprint density at radius 2 is 1.13 bits per heavy atom. The molecule has 0 radical (unpaired) electrons. The highest BCUT2D eigenvalue weighted by molar-refractivity contribution is 5.76. The third-order valence-corrected chi connectivity index (χ3v) is 6.09. The zero-order valence-corrected chi connectivity index (χ0v) is 24.9. The van der Waals surface area contributed by atoms with Crippen LogP contribution >= 0.6 is 0 Å². The first-order valence-electron chi connectivity index (χ1n) is 15.3. The van der Waals surface area contributed by atoms with Gasteiger partial charge in [-0.05, 0) is 77.0 Å². The number of unbranched alkanes of at least 4 members (excludes halogenated alkanes) is 6. The molecule has 4 nitrogen and oxygen atoms in total. The minimum absolute atomic E-state index is 0.127. The summed E-state index contributed by atoms with van der Waals surface area (Å²) >= 11 is 0. The van der Waals surface area contributed by atoms with E-state index in [2.05, 4.69) is 92.1 Å². The van der Waals surface area contributed by atoms with Crippen LogP contribution in [-0.2, 0) is 4.79 Å². The zero-order chi connectivity index (χ0) is 28.7. The minimum atomic E-state index is -0.888. The molecule has 0 fully saturated rings. The quantitative estimate of drug-likeness (QED) is 0.0803. The minimum Gasteiger partial charge on any atom is -0.394 e. The Bertz CT molecular complexity index is 758. The number of rotatable bonds is 25. The summed E-state index contributed by atoms with van der Waals surface area (Å²) in [5.74, 6) is -0.127. The van der Waals surface area contributed by atoms with E-state index >= 15 is 0 Å². The Morgan fingerprint density at radius 1 is 0.641 bits per heavy atom. The van der Waals surface area contributed by atoms with Crippen molar-refractivity contribution in [2.75, 3.05) is 6.61 Å². The summed E-state index contributed by atoms with van der Waals surface area (Å²) in [4.78, 5) is 12.2. The molecule has 3 N–H and O–H groups in total. The number of carbonyl (C=O) groups is 1. The number of aliphatic hydroxyl groups excluding tert-OH is 2. The van der Waals surface area contributed by atoms with Crippen molar-refractivity contribution in [2.45, 2.75) is 122 Å². The van der Waals surface area contributed by atoms with Gasteiger partial charge in [0.05, 0.1) is 18.8 Å². The number of carbonyl (C=O) groups excluding carboxylic acids is 1. The van der Waals surface area contributed by atoms with E-state index in [9.17, 15) is 15.0 Å². The summed E-state index contributed by atoms with van der Waals surface area (Å²) in [7, 11) is 0. The molecule has 0 aromatic carbocycles. The lowest BCUT2D eigenvalue weighted by molar-refractivity contribution is -0.123. The number of hydrogen-bond donors (Lipinski definition) is 3. The van der Waals surface area contributed by atoms with Gasteiger partial charge >= 0.3 is 0 Å².